The first-order valence-electron chi connectivity index (χ1n) is 8.85. The number of aromatic nitrogens is 1. The number of rotatable bonds is 8. The molecule has 0 saturated carbocycles. The summed E-state index contributed by atoms with van der Waals surface area (Å²) in [4.78, 5) is 4.16. The summed E-state index contributed by atoms with van der Waals surface area (Å²) >= 11 is 0. The van der Waals surface area contributed by atoms with Crippen molar-refractivity contribution in [2.45, 2.75) is 26.0 Å². The Morgan fingerprint density at radius 2 is 1.81 bits per heavy atom. The second-order valence-electron chi connectivity index (χ2n) is 6.05. The van der Waals surface area contributed by atoms with Gasteiger partial charge >= 0.3 is 0 Å². The minimum atomic E-state index is -0.153. The molecule has 3 rings (SSSR count). The molecule has 4 heteroatoms. The molecule has 0 spiro atoms. The lowest BCUT2D eigenvalue weighted by Crippen LogP contribution is -2.14. The second kappa shape index (κ2) is 9.02. The van der Waals surface area contributed by atoms with Crippen LogP contribution in [0.25, 0.3) is 0 Å². The fourth-order valence-electron chi connectivity index (χ4n) is 2.83. The van der Waals surface area contributed by atoms with Crippen molar-refractivity contribution in [1.29, 1.82) is 0 Å². The third kappa shape index (κ3) is 4.61. The largest absolute Gasteiger partial charge is 0.490 e. The molecule has 4 nitrogen and oxygen atoms in total. The van der Waals surface area contributed by atoms with Crippen LogP contribution in [0, 0.1) is 0 Å². The minimum absolute atomic E-state index is 0.153. The van der Waals surface area contributed by atoms with Crippen molar-refractivity contribution < 1.29 is 9.47 Å². The van der Waals surface area contributed by atoms with Gasteiger partial charge in [0.1, 0.15) is 6.61 Å². The lowest BCUT2D eigenvalue weighted by Gasteiger charge is -2.18. The van der Waals surface area contributed by atoms with Crippen molar-refractivity contribution in [1.82, 2.24) is 4.98 Å². The number of hydrogen-bond donors (Lipinski definition) is 1. The van der Waals surface area contributed by atoms with Crippen LogP contribution >= 0.6 is 0 Å². The van der Waals surface area contributed by atoms with Gasteiger partial charge in [-0.2, -0.15) is 0 Å². The highest BCUT2D eigenvalue weighted by Gasteiger charge is 2.15. The van der Waals surface area contributed by atoms with Crippen LogP contribution in [0.4, 0.5) is 0 Å². The van der Waals surface area contributed by atoms with E-state index in [0.717, 1.165) is 28.2 Å². The highest BCUT2D eigenvalue weighted by Crippen LogP contribution is 2.34. The van der Waals surface area contributed by atoms with Crippen LogP contribution in [0.15, 0.2) is 73.1 Å². The van der Waals surface area contributed by atoms with Crippen molar-refractivity contribution in [3.05, 3.63) is 89.7 Å². The lowest BCUT2D eigenvalue weighted by molar-refractivity contribution is 0.266. The molecule has 0 aliphatic heterocycles. The molecule has 3 aromatic rings. The highest BCUT2D eigenvalue weighted by atomic mass is 16.5. The molecule has 2 N–H and O–H groups in total. The molecule has 134 valence electrons. The van der Waals surface area contributed by atoms with Crippen molar-refractivity contribution in [3.8, 4) is 11.5 Å². The predicted octanol–water partition coefficient (Wildman–Crippen LogP) is 4.30. The topological polar surface area (TPSA) is 57.4 Å². The maximum absolute atomic E-state index is 6.39. The van der Waals surface area contributed by atoms with E-state index in [1.807, 2.05) is 73.8 Å². The van der Waals surface area contributed by atoms with Crippen LogP contribution in [-0.2, 0) is 13.0 Å². The SMILES string of the molecule is CCOc1cccc(CC(N)c2cccnc2)c1OCc1ccccc1. The number of para-hydroxylation sites is 1. The van der Waals surface area contributed by atoms with E-state index in [0.29, 0.717) is 19.6 Å². The van der Waals surface area contributed by atoms with Crippen LogP contribution in [-0.4, -0.2) is 11.6 Å². The van der Waals surface area contributed by atoms with Gasteiger partial charge in [-0.05, 0) is 42.2 Å². The van der Waals surface area contributed by atoms with Crippen LogP contribution in [0.2, 0.25) is 0 Å². The molecule has 2 aromatic carbocycles. The molecule has 1 atom stereocenters. The summed E-state index contributed by atoms with van der Waals surface area (Å²) in [6.45, 7) is 3.04. The van der Waals surface area contributed by atoms with Gasteiger partial charge in [-0.3, -0.25) is 4.98 Å². The molecule has 0 aliphatic carbocycles. The first-order chi connectivity index (χ1) is 12.8. The number of ether oxygens (including phenoxy) is 2. The summed E-state index contributed by atoms with van der Waals surface area (Å²) in [5, 5.41) is 0. The maximum atomic E-state index is 6.39. The fourth-order valence-corrected chi connectivity index (χ4v) is 2.83. The van der Waals surface area contributed by atoms with Gasteiger partial charge in [0, 0.05) is 18.4 Å². The van der Waals surface area contributed by atoms with Gasteiger partial charge in [-0.25, -0.2) is 0 Å². The Labute approximate surface area is 154 Å². The molecule has 0 bridgehead atoms. The average molecular weight is 348 g/mol. The van der Waals surface area contributed by atoms with Gasteiger partial charge in [0.15, 0.2) is 11.5 Å². The molecule has 0 saturated heterocycles. The maximum Gasteiger partial charge on any atom is 0.164 e. The van der Waals surface area contributed by atoms with E-state index in [9.17, 15) is 0 Å². The Bertz CT molecular complexity index is 807. The van der Waals surface area contributed by atoms with E-state index in [1.165, 1.54) is 0 Å². The minimum Gasteiger partial charge on any atom is -0.490 e. The van der Waals surface area contributed by atoms with Crippen molar-refractivity contribution >= 4 is 0 Å². The Hall–Kier alpha value is -2.85. The average Bonchev–Trinajstić information content (AvgIpc) is 2.69. The van der Waals surface area contributed by atoms with Crippen molar-refractivity contribution in [2.24, 2.45) is 5.73 Å². The third-order valence-electron chi connectivity index (χ3n) is 4.14. The zero-order valence-electron chi connectivity index (χ0n) is 15.0. The van der Waals surface area contributed by atoms with E-state index in [4.69, 9.17) is 15.2 Å². The zero-order chi connectivity index (χ0) is 18.2. The molecule has 0 aliphatic rings. The van der Waals surface area contributed by atoms with Gasteiger partial charge in [0.2, 0.25) is 0 Å². The predicted molar refractivity (Wildman–Crippen MR) is 103 cm³/mol. The first kappa shape index (κ1) is 18.0. The Morgan fingerprint density at radius 3 is 2.54 bits per heavy atom. The molecule has 26 heavy (non-hydrogen) atoms. The lowest BCUT2D eigenvalue weighted by atomic mass is 10.00. The molecule has 0 amide bonds. The van der Waals surface area contributed by atoms with E-state index in [2.05, 4.69) is 4.98 Å². The van der Waals surface area contributed by atoms with Crippen LogP contribution in [0.1, 0.15) is 29.7 Å². The number of pyridine rings is 1. The zero-order valence-corrected chi connectivity index (χ0v) is 15.0. The molecule has 1 unspecified atom stereocenters. The van der Waals surface area contributed by atoms with Gasteiger partial charge in [-0.15, -0.1) is 0 Å². The van der Waals surface area contributed by atoms with Crippen LogP contribution < -0.4 is 15.2 Å². The number of hydrogen-bond acceptors (Lipinski definition) is 4. The van der Waals surface area contributed by atoms with Gasteiger partial charge in [0.25, 0.3) is 0 Å². The van der Waals surface area contributed by atoms with Crippen molar-refractivity contribution in [2.75, 3.05) is 6.61 Å². The monoisotopic (exact) mass is 348 g/mol. The molecule has 1 aromatic heterocycles. The normalized spacial score (nSPS) is 11.8. The van der Waals surface area contributed by atoms with Gasteiger partial charge in [-0.1, -0.05) is 48.5 Å². The highest BCUT2D eigenvalue weighted by molar-refractivity contribution is 5.47. The molecular formula is C22H24N2O2. The quantitative estimate of drug-likeness (QED) is 0.659. The molecule has 0 radical (unpaired) electrons. The van der Waals surface area contributed by atoms with Crippen LogP contribution in [0.3, 0.4) is 0 Å². The number of nitrogens with two attached hydrogens (primary N) is 1. The van der Waals surface area contributed by atoms with E-state index >= 15 is 0 Å². The molecular weight excluding hydrogens is 324 g/mol. The summed E-state index contributed by atoms with van der Waals surface area (Å²) in [6.07, 6.45) is 4.21. The van der Waals surface area contributed by atoms with Crippen LogP contribution in [0.5, 0.6) is 11.5 Å². The summed E-state index contributed by atoms with van der Waals surface area (Å²) < 4.78 is 11.9. The Balaban J connectivity index is 1.82. The smallest absolute Gasteiger partial charge is 0.164 e. The second-order valence-corrected chi connectivity index (χ2v) is 6.05. The van der Waals surface area contributed by atoms with E-state index < -0.39 is 0 Å². The summed E-state index contributed by atoms with van der Waals surface area (Å²) in [5.41, 5.74) is 9.54. The first-order valence-corrected chi connectivity index (χ1v) is 8.85. The standard InChI is InChI=1S/C22H24N2O2/c1-2-25-21-12-6-10-18(14-20(23)19-11-7-13-24-15-19)22(21)26-16-17-8-4-3-5-9-17/h3-13,15,20H,2,14,16,23H2,1H3. The summed E-state index contributed by atoms with van der Waals surface area (Å²) in [7, 11) is 0. The third-order valence-corrected chi connectivity index (χ3v) is 4.14. The number of nitrogens with zero attached hydrogens (tertiary/aromatic N) is 1. The van der Waals surface area contributed by atoms with E-state index in [1.54, 1.807) is 6.20 Å². The van der Waals surface area contributed by atoms with Crippen molar-refractivity contribution in [3.63, 3.8) is 0 Å². The van der Waals surface area contributed by atoms with Gasteiger partial charge in [0.05, 0.1) is 6.61 Å². The fraction of sp³-hybridized carbons (Fsp3) is 0.227. The molecule has 0 fully saturated rings. The van der Waals surface area contributed by atoms with E-state index in [-0.39, 0.29) is 6.04 Å². The summed E-state index contributed by atoms with van der Waals surface area (Å²) in [5.74, 6) is 1.51. The summed E-state index contributed by atoms with van der Waals surface area (Å²) in [6, 6.07) is 19.8. The number of benzene rings is 2. The Kier molecular flexibility index (Phi) is 6.23. The Morgan fingerprint density at radius 1 is 0.962 bits per heavy atom. The molecule has 1 heterocycles. The van der Waals surface area contributed by atoms with Gasteiger partial charge < -0.3 is 15.2 Å².